The number of pyridine rings is 1. The van der Waals surface area contributed by atoms with Crippen LogP contribution in [-0.2, 0) is 0 Å². The number of alkyl halides is 2. The van der Waals surface area contributed by atoms with Gasteiger partial charge in [0.05, 0.1) is 10.6 Å². The number of halogens is 4. The van der Waals surface area contributed by atoms with Gasteiger partial charge in [-0.15, -0.1) is 0 Å². The van der Waals surface area contributed by atoms with Gasteiger partial charge in [-0.05, 0) is 15.9 Å². The second-order valence-corrected chi connectivity index (χ2v) is 3.30. The molecule has 0 radical (unpaired) electrons. The first-order chi connectivity index (χ1) is 6.07. The van der Waals surface area contributed by atoms with Gasteiger partial charge in [-0.3, -0.25) is 4.79 Å². The number of aromatic nitrogens is 1. The van der Waals surface area contributed by atoms with Crippen molar-refractivity contribution >= 4 is 33.8 Å². The highest BCUT2D eigenvalue weighted by Crippen LogP contribution is 2.31. The number of hydrogen-bond donors (Lipinski definition) is 0. The lowest BCUT2D eigenvalue weighted by atomic mass is 10.1. The highest BCUT2D eigenvalue weighted by atomic mass is 79.9. The summed E-state index contributed by atoms with van der Waals surface area (Å²) in [5, 5.41) is -0.0755. The third kappa shape index (κ3) is 2.03. The summed E-state index contributed by atoms with van der Waals surface area (Å²) in [7, 11) is 0. The van der Waals surface area contributed by atoms with Crippen LogP contribution in [0, 0.1) is 0 Å². The first-order valence-corrected chi connectivity index (χ1v) is 4.32. The lowest BCUT2D eigenvalue weighted by Crippen LogP contribution is -1.98. The van der Waals surface area contributed by atoms with Gasteiger partial charge in [0.15, 0.2) is 6.29 Å². The Labute approximate surface area is 86.0 Å². The van der Waals surface area contributed by atoms with Crippen LogP contribution >= 0.6 is 27.5 Å². The molecule has 0 aliphatic rings. The molecule has 13 heavy (non-hydrogen) atoms. The predicted molar refractivity (Wildman–Crippen MR) is 47.3 cm³/mol. The van der Waals surface area contributed by atoms with Crippen molar-refractivity contribution in [3.05, 3.63) is 26.9 Å². The number of carbonyl (C=O) groups excluding carboxylic acids is 1. The van der Waals surface area contributed by atoms with Crippen LogP contribution in [0.3, 0.4) is 0 Å². The van der Waals surface area contributed by atoms with Gasteiger partial charge in [-0.25, -0.2) is 13.8 Å². The molecule has 0 spiro atoms. The molecule has 1 aromatic heterocycles. The largest absolute Gasteiger partial charge is 0.298 e. The van der Waals surface area contributed by atoms with E-state index in [0.29, 0.717) is 0 Å². The van der Waals surface area contributed by atoms with E-state index in [0.717, 1.165) is 6.20 Å². The third-order valence-corrected chi connectivity index (χ3v) is 2.33. The van der Waals surface area contributed by atoms with Gasteiger partial charge >= 0.3 is 0 Å². The van der Waals surface area contributed by atoms with Crippen LogP contribution in [0.15, 0.2) is 10.8 Å². The van der Waals surface area contributed by atoms with E-state index in [9.17, 15) is 13.6 Å². The number of nitrogens with zero attached hydrogens (tertiary/aromatic N) is 1. The molecule has 0 N–H and O–H groups in total. The average Bonchev–Trinajstić information content (AvgIpc) is 2.07. The molecule has 0 saturated heterocycles. The number of carbonyl (C=O) groups is 1. The highest BCUT2D eigenvalue weighted by molar-refractivity contribution is 9.10. The Morgan fingerprint density at radius 1 is 1.62 bits per heavy atom. The topological polar surface area (TPSA) is 30.0 Å². The SMILES string of the molecule is O=Cc1c(Cl)cnc(Br)c1C(F)F. The van der Waals surface area contributed by atoms with Crippen molar-refractivity contribution in [2.75, 3.05) is 0 Å². The number of rotatable bonds is 2. The molecule has 0 saturated carbocycles. The predicted octanol–water partition coefficient (Wildman–Crippen LogP) is 3.25. The van der Waals surface area contributed by atoms with Crippen molar-refractivity contribution in [3.8, 4) is 0 Å². The normalized spacial score (nSPS) is 10.5. The molecule has 0 bridgehead atoms. The molecule has 0 atom stereocenters. The summed E-state index contributed by atoms with van der Waals surface area (Å²) in [5.74, 6) is 0. The molecule has 70 valence electrons. The fraction of sp³-hybridized carbons (Fsp3) is 0.143. The summed E-state index contributed by atoms with van der Waals surface area (Å²) >= 11 is 8.31. The summed E-state index contributed by atoms with van der Waals surface area (Å²) in [5.41, 5.74) is -0.693. The van der Waals surface area contributed by atoms with Gasteiger partial charge in [0, 0.05) is 11.8 Å². The molecule has 1 rings (SSSR count). The Morgan fingerprint density at radius 3 is 2.62 bits per heavy atom. The molecule has 0 aliphatic heterocycles. The van der Waals surface area contributed by atoms with Crippen LogP contribution in [0.1, 0.15) is 22.3 Å². The fourth-order valence-electron chi connectivity index (χ4n) is 0.820. The van der Waals surface area contributed by atoms with Crippen molar-refractivity contribution < 1.29 is 13.6 Å². The Morgan fingerprint density at radius 2 is 2.23 bits per heavy atom. The average molecular weight is 270 g/mol. The van der Waals surface area contributed by atoms with E-state index in [-0.39, 0.29) is 21.5 Å². The summed E-state index contributed by atoms with van der Waals surface area (Å²) in [4.78, 5) is 14.0. The second kappa shape index (κ2) is 4.11. The van der Waals surface area contributed by atoms with E-state index in [2.05, 4.69) is 20.9 Å². The maximum absolute atomic E-state index is 12.4. The second-order valence-electron chi connectivity index (χ2n) is 2.14. The van der Waals surface area contributed by atoms with E-state index in [1.807, 2.05) is 0 Å². The van der Waals surface area contributed by atoms with Crippen LogP contribution in [0.4, 0.5) is 8.78 Å². The molecule has 0 aromatic carbocycles. The van der Waals surface area contributed by atoms with E-state index >= 15 is 0 Å². The Kier molecular flexibility index (Phi) is 3.33. The lowest BCUT2D eigenvalue weighted by molar-refractivity contribution is 0.110. The Bertz CT molecular complexity index is 346. The summed E-state index contributed by atoms with van der Waals surface area (Å²) < 4.78 is 24.7. The minimum Gasteiger partial charge on any atom is -0.298 e. The molecule has 0 aliphatic carbocycles. The molecule has 2 nitrogen and oxygen atoms in total. The van der Waals surface area contributed by atoms with Crippen LogP contribution in [0.2, 0.25) is 5.02 Å². The van der Waals surface area contributed by atoms with Gasteiger partial charge in [0.1, 0.15) is 4.60 Å². The standard InChI is InChI=1S/C7H3BrClF2NO/c8-6-5(7(10)11)3(2-13)4(9)1-12-6/h1-2,7H. The van der Waals surface area contributed by atoms with Crippen LogP contribution in [-0.4, -0.2) is 11.3 Å². The quantitative estimate of drug-likeness (QED) is 0.610. The van der Waals surface area contributed by atoms with E-state index in [4.69, 9.17) is 11.6 Å². The van der Waals surface area contributed by atoms with E-state index in [1.54, 1.807) is 0 Å². The van der Waals surface area contributed by atoms with Crippen molar-refractivity contribution in [2.24, 2.45) is 0 Å². The minimum absolute atomic E-state index is 0.0611. The van der Waals surface area contributed by atoms with Crippen LogP contribution in [0.25, 0.3) is 0 Å². The molecule has 0 unspecified atom stereocenters. The maximum Gasteiger partial charge on any atom is 0.267 e. The smallest absolute Gasteiger partial charge is 0.267 e. The number of hydrogen-bond acceptors (Lipinski definition) is 2. The summed E-state index contributed by atoms with van der Waals surface area (Å²) in [6, 6.07) is 0. The summed E-state index contributed by atoms with van der Waals surface area (Å²) in [6.07, 6.45) is -1.35. The Hall–Kier alpha value is -0.550. The Balaban J connectivity index is 3.43. The molecule has 0 fully saturated rings. The molecule has 6 heteroatoms. The van der Waals surface area contributed by atoms with Crippen molar-refractivity contribution in [3.63, 3.8) is 0 Å². The van der Waals surface area contributed by atoms with E-state index in [1.165, 1.54) is 0 Å². The van der Waals surface area contributed by atoms with Crippen LogP contribution < -0.4 is 0 Å². The zero-order valence-electron chi connectivity index (χ0n) is 6.10. The zero-order chi connectivity index (χ0) is 10.0. The van der Waals surface area contributed by atoms with Gasteiger partial charge in [0.2, 0.25) is 0 Å². The molecule has 1 aromatic rings. The van der Waals surface area contributed by atoms with E-state index < -0.39 is 12.0 Å². The minimum atomic E-state index is -2.78. The fourth-order valence-corrected chi connectivity index (χ4v) is 1.50. The third-order valence-electron chi connectivity index (χ3n) is 1.40. The monoisotopic (exact) mass is 269 g/mol. The molecule has 0 amide bonds. The molecular weight excluding hydrogens is 267 g/mol. The zero-order valence-corrected chi connectivity index (χ0v) is 8.44. The van der Waals surface area contributed by atoms with Crippen molar-refractivity contribution in [2.45, 2.75) is 6.43 Å². The van der Waals surface area contributed by atoms with Crippen LogP contribution in [0.5, 0.6) is 0 Å². The first-order valence-electron chi connectivity index (χ1n) is 3.15. The van der Waals surface area contributed by atoms with Gasteiger partial charge < -0.3 is 0 Å². The van der Waals surface area contributed by atoms with Crippen molar-refractivity contribution in [1.29, 1.82) is 0 Å². The maximum atomic E-state index is 12.4. The summed E-state index contributed by atoms with van der Waals surface area (Å²) in [6.45, 7) is 0. The number of aldehydes is 1. The first kappa shape index (κ1) is 10.5. The van der Waals surface area contributed by atoms with Gasteiger partial charge in [0.25, 0.3) is 6.43 Å². The lowest BCUT2D eigenvalue weighted by Gasteiger charge is -2.06. The van der Waals surface area contributed by atoms with Gasteiger partial charge in [-0.2, -0.15) is 0 Å². The molecule has 1 heterocycles. The molecular formula is C7H3BrClF2NO. The van der Waals surface area contributed by atoms with Crippen molar-refractivity contribution in [1.82, 2.24) is 4.98 Å². The highest BCUT2D eigenvalue weighted by Gasteiger charge is 2.19. The van der Waals surface area contributed by atoms with Gasteiger partial charge in [-0.1, -0.05) is 11.6 Å².